The van der Waals surface area contributed by atoms with Crippen molar-refractivity contribution >= 4 is 13.8 Å². The number of carbonyl (C=O) groups excluding carboxylic acids is 1. The number of nitrogens with zero attached hydrogens (tertiary/aromatic N) is 1. The molecule has 138 valence electrons. The maximum Gasteiger partial charge on any atom is 0.472 e. The van der Waals surface area contributed by atoms with Crippen LogP contribution in [0.1, 0.15) is 46.0 Å². The number of phosphoric ester groups is 1. The molecule has 0 aliphatic heterocycles. The van der Waals surface area contributed by atoms with E-state index < -0.39 is 13.9 Å². The van der Waals surface area contributed by atoms with Crippen molar-refractivity contribution in [2.75, 3.05) is 40.9 Å². The zero-order valence-corrected chi connectivity index (χ0v) is 16.0. The van der Waals surface area contributed by atoms with E-state index in [1.165, 1.54) is 0 Å². The summed E-state index contributed by atoms with van der Waals surface area (Å²) in [6.07, 6.45) is 3.29. The minimum Gasteiger partial charge on any atom is -0.460 e. The van der Waals surface area contributed by atoms with Gasteiger partial charge < -0.3 is 14.1 Å². The third kappa shape index (κ3) is 13.7. The van der Waals surface area contributed by atoms with Gasteiger partial charge in [-0.2, -0.15) is 0 Å². The summed E-state index contributed by atoms with van der Waals surface area (Å²) in [5.74, 6) is -0.339. The fourth-order valence-electron chi connectivity index (χ4n) is 1.71. The van der Waals surface area contributed by atoms with Gasteiger partial charge in [-0.3, -0.25) is 13.8 Å². The molecule has 0 heterocycles. The number of hydrogen-bond acceptors (Lipinski definition) is 5. The first kappa shape index (κ1) is 22.5. The summed E-state index contributed by atoms with van der Waals surface area (Å²) < 4.78 is 27.7. The number of carbonyl (C=O) groups is 1. The van der Waals surface area contributed by atoms with Crippen LogP contribution in [0, 0.1) is 0 Å². The fourth-order valence-corrected chi connectivity index (χ4v) is 2.45. The number of likely N-dealkylation sites (N-methyl/N-ethyl adjacent to an activating group) is 1. The maximum absolute atomic E-state index is 11.9. The Morgan fingerprint density at radius 3 is 2.35 bits per heavy atom. The molecule has 0 aliphatic carbocycles. The molecule has 0 bridgehead atoms. The topological polar surface area (TPSA) is 82.1 Å². The summed E-state index contributed by atoms with van der Waals surface area (Å²) in [4.78, 5) is 21.1. The molecule has 0 amide bonds. The molecular formula is C15H33NO6P+. The molecule has 0 spiro atoms. The molecule has 23 heavy (non-hydrogen) atoms. The van der Waals surface area contributed by atoms with Crippen molar-refractivity contribution in [1.29, 1.82) is 0 Å². The molecular weight excluding hydrogens is 321 g/mol. The molecule has 0 aliphatic rings. The second-order valence-electron chi connectivity index (χ2n) is 6.57. The molecule has 8 heteroatoms. The second-order valence-corrected chi connectivity index (χ2v) is 8.03. The van der Waals surface area contributed by atoms with Gasteiger partial charge in [0.2, 0.25) is 0 Å². The third-order valence-corrected chi connectivity index (χ3v) is 4.14. The SMILES string of the molecule is CCCCCC(COP(=O)(O)OCC[N+](C)(C)C)OC(=O)CC. The predicted octanol–water partition coefficient (Wildman–Crippen LogP) is 2.73. The van der Waals surface area contributed by atoms with Gasteiger partial charge in [-0.05, 0) is 12.8 Å². The number of ether oxygens (including phenoxy) is 1. The van der Waals surface area contributed by atoms with Gasteiger partial charge in [0.15, 0.2) is 0 Å². The van der Waals surface area contributed by atoms with Gasteiger partial charge in [-0.25, -0.2) is 4.57 Å². The van der Waals surface area contributed by atoms with E-state index in [2.05, 4.69) is 6.92 Å². The van der Waals surface area contributed by atoms with E-state index in [4.69, 9.17) is 13.8 Å². The van der Waals surface area contributed by atoms with E-state index in [0.717, 1.165) is 19.3 Å². The molecule has 0 aromatic heterocycles. The van der Waals surface area contributed by atoms with Crippen LogP contribution in [0.2, 0.25) is 0 Å². The predicted molar refractivity (Wildman–Crippen MR) is 88.9 cm³/mol. The number of esters is 1. The Morgan fingerprint density at radius 2 is 1.83 bits per heavy atom. The first-order valence-electron chi connectivity index (χ1n) is 8.21. The number of quaternary nitrogens is 1. The van der Waals surface area contributed by atoms with Crippen molar-refractivity contribution in [3.63, 3.8) is 0 Å². The highest BCUT2D eigenvalue weighted by molar-refractivity contribution is 7.47. The summed E-state index contributed by atoms with van der Waals surface area (Å²) in [6.45, 7) is 4.35. The third-order valence-electron chi connectivity index (χ3n) is 3.16. The van der Waals surface area contributed by atoms with Crippen molar-refractivity contribution < 1.29 is 32.5 Å². The van der Waals surface area contributed by atoms with Crippen molar-refractivity contribution in [2.24, 2.45) is 0 Å². The molecule has 0 rings (SSSR count). The van der Waals surface area contributed by atoms with Crippen molar-refractivity contribution in [2.45, 2.75) is 52.1 Å². The van der Waals surface area contributed by atoms with Gasteiger partial charge in [0, 0.05) is 6.42 Å². The quantitative estimate of drug-likeness (QED) is 0.237. The van der Waals surface area contributed by atoms with Crippen LogP contribution in [0.4, 0.5) is 0 Å². The van der Waals surface area contributed by atoms with Gasteiger partial charge in [0.25, 0.3) is 0 Å². The Hall–Kier alpha value is -0.460. The summed E-state index contributed by atoms with van der Waals surface area (Å²) in [5, 5.41) is 0. The molecule has 0 radical (unpaired) electrons. The molecule has 0 saturated heterocycles. The first-order valence-corrected chi connectivity index (χ1v) is 9.71. The minimum atomic E-state index is -4.12. The maximum atomic E-state index is 11.9. The van der Waals surface area contributed by atoms with Crippen LogP contribution < -0.4 is 0 Å². The Kier molecular flexibility index (Phi) is 10.9. The molecule has 0 aromatic carbocycles. The fraction of sp³-hybridized carbons (Fsp3) is 0.933. The van der Waals surface area contributed by atoms with E-state index in [1.54, 1.807) is 6.92 Å². The normalized spacial score (nSPS) is 15.9. The van der Waals surface area contributed by atoms with Crippen molar-refractivity contribution in [3.8, 4) is 0 Å². The Bertz CT molecular complexity index is 383. The van der Waals surface area contributed by atoms with Crippen LogP contribution in [-0.2, 0) is 23.1 Å². The van der Waals surface area contributed by atoms with Crippen LogP contribution in [0.3, 0.4) is 0 Å². The van der Waals surface area contributed by atoms with E-state index >= 15 is 0 Å². The van der Waals surface area contributed by atoms with Crippen LogP contribution >= 0.6 is 7.82 Å². The van der Waals surface area contributed by atoms with Gasteiger partial charge in [-0.1, -0.05) is 26.7 Å². The molecule has 7 nitrogen and oxygen atoms in total. The van der Waals surface area contributed by atoms with Crippen molar-refractivity contribution in [3.05, 3.63) is 0 Å². The van der Waals surface area contributed by atoms with Crippen LogP contribution in [0.5, 0.6) is 0 Å². The molecule has 2 atom stereocenters. The lowest BCUT2D eigenvalue weighted by atomic mass is 10.1. The number of unbranched alkanes of at least 4 members (excludes halogenated alkanes) is 2. The summed E-state index contributed by atoms with van der Waals surface area (Å²) in [7, 11) is 1.75. The van der Waals surface area contributed by atoms with E-state index in [1.807, 2.05) is 21.1 Å². The lowest BCUT2D eigenvalue weighted by Gasteiger charge is -2.24. The highest BCUT2D eigenvalue weighted by Crippen LogP contribution is 2.43. The summed E-state index contributed by atoms with van der Waals surface area (Å²) >= 11 is 0. The van der Waals surface area contributed by atoms with Crippen LogP contribution in [0.25, 0.3) is 0 Å². The summed E-state index contributed by atoms with van der Waals surface area (Å²) in [6, 6.07) is 0. The summed E-state index contributed by atoms with van der Waals surface area (Å²) in [5.41, 5.74) is 0. The van der Waals surface area contributed by atoms with Gasteiger partial charge in [0.1, 0.15) is 19.3 Å². The monoisotopic (exact) mass is 354 g/mol. The molecule has 0 saturated carbocycles. The van der Waals surface area contributed by atoms with E-state index in [-0.39, 0.29) is 25.6 Å². The lowest BCUT2D eigenvalue weighted by Crippen LogP contribution is -2.37. The highest BCUT2D eigenvalue weighted by Gasteiger charge is 2.25. The lowest BCUT2D eigenvalue weighted by molar-refractivity contribution is -0.870. The molecule has 2 unspecified atom stereocenters. The van der Waals surface area contributed by atoms with E-state index in [9.17, 15) is 14.3 Å². The molecule has 0 fully saturated rings. The smallest absolute Gasteiger partial charge is 0.460 e. The van der Waals surface area contributed by atoms with Gasteiger partial charge >= 0.3 is 13.8 Å². The van der Waals surface area contributed by atoms with Gasteiger partial charge in [0.05, 0.1) is 27.7 Å². The van der Waals surface area contributed by atoms with Crippen LogP contribution in [0.15, 0.2) is 0 Å². The Labute approximate surface area is 140 Å². The number of rotatable bonds is 13. The minimum absolute atomic E-state index is 0.118. The van der Waals surface area contributed by atoms with Crippen molar-refractivity contribution in [1.82, 2.24) is 0 Å². The molecule has 1 N–H and O–H groups in total. The average molecular weight is 354 g/mol. The zero-order chi connectivity index (χ0) is 17.9. The number of hydrogen-bond donors (Lipinski definition) is 1. The van der Waals surface area contributed by atoms with Crippen LogP contribution in [-0.4, -0.2) is 62.4 Å². The average Bonchev–Trinajstić information content (AvgIpc) is 2.43. The standard InChI is InChI=1S/C15H32NO6P/c1-6-8-9-10-14(22-15(17)7-2)13-21-23(18,19)20-12-11-16(3,4)5/h14H,6-13H2,1-5H3/p+1. The molecule has 0 aromatic rings. The van der Waals surface area contributed by atoms with Gasteiger partial charge in [-0.15, -0.1) is 0 Å². The second kappa shape index (κ2) is 11.2. The number of phosphoric acid groups is 1. The Morgan fingerprint density at radius 1 is 1.17 bits per heavy atom. The first-order chi connectivity index (χ1) is 10.6. The highest BCUT2D eigenvalue weighted by atomic mass is 31.2. The largest absolute Gasteiger partial charge is 0.472 e. The van der Waals surface area contributed by atoms with E-state index in [0.29, 0.717) is 17.4 Å². The Balaban J connectivity index is 4.32. The zero-order valence-electron chi connectivity index (χ0n) is 15.1.